The predicted molar refractivity (Wildman–Crippen MR) is 67.9 cm³/mol. The van der Waals surface area contributed by atoms with Crippen molar-refractivity contribution in [3.63, 3.8) is 0 Å². The highest BCUT2D eigenvalue weighted by molar-refractivity contribution is 5.60. The lowest BCUT2D eigenvalue weighted by Gasteiger charge is -2.23. The van der Waals surface area contributed by atoms with Gasteiger partial charge in [-0.25, -0.2) is 5.90 Å². The Bertz CT molecular complexity index is 473. The number of methoxy groups -OCH3 is 2. The van der Waals surface area contributed by atoms with Crippen molar-refractivity contribution >= 4 is 0 Å². The van der Waals surface area contributed by atoms with E-state index >= 15 is 0 Å². The SMILES string of the molecule is COc1cc(CON)c(OC)c2c1C1CCC2C1. The second-order valence-electron chi connectivity index (χ2n) is 5.12. The summed E-state index contributed by atoms with van der Waals surface area (Å²) in [5.74, 6) is 8.37. The van der Waals surface area contributed by atoms with Crippen molar-refractivity contribution in [2.24, 2.45) is 5.90 Å². The fourth-order valence-corrected chi connectivity index (χ4v) is 3.67. The van der Waals surface area contributed by atoms with Crippen LogP contribution in [0.5, 0.6) is 11.5 Å². The predicted octanol–water partition coefficient (Wildman–Crippen LogP) is 2.46. The molecule has 0 amide bonds. The van der Waals surface area contributed by atoms with Crippen LogP contribution in [-0.2, 0) is 11.4 Å². The Morgan fingerprint density at radius 2 is 1.89 bits per heavy atom. The summed E-state index contributed by atoms with van der Waals surface area (Å²) in [7, 11) is 3.44. The van der Waals surface area contributed by atoms with E-state index in [9.17, 15) is 0 Å². The van der Waals surface area contributed by atoms with Crippen LogP contribution in [0.1, 0.15) is 47.8 Å². The minimum absolute atomic E-state index is 0.351. The van der Waals surface area contributed by atoms with Crippen molar-refractivity contribution in [2.75, 3.05) is 14.2 Å². The van der Waals surface area contributed by atoms with Gasteiger partial charge in [0.1, 0.15) is 11.5 Å². The van der Waals surface area contributed by atoms with Crippen LogP contribution in [0, 0.1) is 0 Å². The number of nitrogens with two attached hydrogens (primary N) is 1. The van der Waals surface area contributed by atoms with Gasteiger partial charge < -0.3 is 9.47 Å². The van der Waals surface area contributed by atoms with Crippen LogP contribution >= 0.6 is 0 Å². The Morgan fingerprint density at radius 3 is 2.50 bits per heavy atom. The monoisotopic (exact) mass is 249 g/mol. The molecule has 2 aliphatic carbocycles. The molecule has 0 aliphatic heterocycles. The summed E-state index contributed by atoms with van der Waals surface area (Å²) in [5, 5.41) is 0. The molecule has 18 heavy (non-hydrogen) atoms. The van der Waals surface area contributed by atoms with Crippen LogP contribution in [0.4, 0.5) is 0 Å². The second kappa shape index (κ2) is 4.44. The van der Waals surface area contributed by atoms with Crippen LogP contribution in [-0.4, -0.2) is 14.2 Å². The molecule has 2 bridgehead atoms. The van der Waals surface area contributed by atoms with Crippen molar-refractivity contribution in [1.29, 1.82) is 0 Å². The van der Waals surface area contributed by atoms with Crippen molar-refractivity contribution in [1.82, 2.24) is 0 Å². The van der Waals surface area contributed by atoms with Gasteiger partial charge in [0.15, 0.2) is 0 Å². The highest BCUT2D eigenvalue weighted by Gasteiger charge is 2.42. The zero-order valence-electron chi connectivity index (χ0n) is 10.9. The van der Waals surface area contributed by atoms with Crippen LogP contribution in [0.3, 0.4) is 0 Å². The van der Waals surface area contributed by atoms with E-state index in [1.165, 1.54) is 30.4 Å². The highest BCUT2D eigenvalue weighted by Crippen LogP contribution is 2.59. The fraction of sp³-hybridized carbons (Fsp3) is 0.571. The van der Waals surface area contributed by atoms with E-state index in [1.54, 1.807) is 14.2 Å². The van der Waals surface area contributed by atoms with E-state index in [0.717, 1.165) is 17.1 Å². The number of benzene rings is 1. The Hall–Kier alpha value is -1.26. The van der Waals surface area contributed by atoms with Crippen molar-refractivity contribution in [2.45, 2.75) is 37.7 Å². The van der Waals surface area contributed by atoms with Crippen molar-refractivity contribution in [3.05, 3.63) is 22.8 Å². The number of hydrogen-bond acceptors (Lipinski definition) is 4. The first-order valence-electron chi connectivity index (χ1n) is 6.39. The van der Waals surface area contributed by atoms with Gasteiger partial charge in [-0.1, -0.05) is 0 Å². The lowest BCUT2D eigenvalue weighted by atomic mass is 9.88. The van der Waals surface area contributed by atoms with Gasteiger partial charge in [-0.3, -0.25) is 4.84 Å². The van der Waals surface area contributed by atoms with Gasteiger partial charge in [0, 0.05) is 16.7 Å². The third kappa shape index (κ3) is 1.52. The molecule has 0 heterocycles. The smallest absolute Gasteiger partial charge is 0.128 e. The third-order valence-corrected chi connectivity index (χ3v) is 4.31. The zero-order chi connectivity index (χ0) is 12.7. The maximum Gasteiger partial charge on any atom is 0.128 e. The average Bonchev–Trinajstić information content (AvgIpc) is 2.99. The Kier molecular flexibility index (Phi) is 2.92. The maximum absolute atomic E-state index is 5.60. The van der Waals surface area contributed by atoms with E-state index in [4.69, 9.17) is 20.2 Å². The summed E-state index contributed by atoms with van der Waals surface area (Å²) < 4.78 is 11.1. The lowest BCUT2D eigenvalue weighted by molar-refractivity contribution is 0.121. The molecule has 1 saturated carbocycles. The van der Waals surface area contributed by atoms with Gasteiger partial charge in [0.25, 0.3) is 0 Å². The summed E-state index contributed by atoms with van der Waals surface area (Å²) in [6, 6.07) is 2.01. The van der Waals surface area contributed by atoms with E-state index < -0.39 is 0 Å². The summed E-state index contributed by atoms with van der Waals surface area (Å²) in [5.41, 5.74) is 3.66. The molecule has 3 rings (SSSR count). The number of ether oxygens (including phenoxy) is 2. The standard InChI is InChI=1S/C14H19NO3/c1-16-11-6-10(7-18-15)14(17-2)13-9-4-3-8(5-9)12(11)13/h6,8-9H,3-5,7,15H2,1-2H3. The summed E-state index contributed by atoms with van der Waals surface area (Å²) >= 11 is 0. The number of hydrogen-bond donors (Lipinski definition) is 1. The molecular weight excluding hydrogens is 230 g/mol. The van der Waals surface area contributed by atoms with Crippen molar-refractivity contribution < 1.29 is 14.3 Å². The minimum Gasteiger partial charge on any atom is -0.496 e. The summed E-state index contributed by atoms with van der Waals surface area (Å²) in [6.45, 7) is 0.351. The van der Waals surface area contributed by atoms with E-state index in [2.05, 4.69) is 0 Å². The molecule has 98 valence electrons. The zero-order valence-corrected chi connectivity index (χ0v) is 10.9. The Labute approximate surface area is 107 Å². The van der Waals surface area contributed by atoms with Crippen LogP contribution < -0.4 is 15.4 Å². The van der Waals surface area contributed by atoms with E-state index in [-0.39, 0.29) is 0 Å². The highest BCUT2D eigenvalue weighted by atomic mass is 16.6. The third-order valence-electron chi connectivity index (χ3n) is 4.31. The van der Waals surface area contributed by atoms with Crippen LogP contribution in [0.2, 0.25) is 0 Å². The first-order chi connectivity index (χ1) is 8.80. The molecule has 4 heteroatoms. The molecule has 2 N–H and O–H groups in total. The molecular formula is C14H19NO3. The van der Waals surface area contributed by atoms with Gasteiger partial charge in [0.2, 0.25) is 0 Å². The summed E-state index contributed by atoms with van der Waals surface area (Å²) in [6.07, 6.45) is 3.75. The van der Waals surface area contributed by atoms with Crippen LogP contribution in [0.15, 0.2) is 6.07 Å². The average molecular weight is 249 g/mol. The molecule has 1 fully saturated rings. The quantitative estimate of drug-likeness (QED) is 0.833. The topological polar surface area (TPSA) is 53.7 Å². The first kappa shape index (κ1) is 11.8. The molecule has 2 atom stereocenters. The van der Waals surface area contributed by atoms with Gasteiger partial charge >= 0.3 is 0 Å². The molecule has 1 aromatic carbocycles. The van der Waals surface area contributed by atoms with Crippen molar-refractivity contribution in [3.8, 4) is 11.5 Å². The van der Waals surface area contributed by atoms with E-state index in [0.29, 0.717) is 18.4 Å². The molecule has 0 aromatic heterocycles. The van der Waals surface area contributed by atoms with E-state index in [1.807, 2.05) is 6.07 Å². The Morgan fingerprint density at radius 1 is 1.17 bits per heavy atom. The molecule has 0 radical (unpaired) electrons. The largest absolute Gasteiger partial charge is 0.496 e. The fourth-order valence-electron chi connectivity index (χ4n) is 3.67. The molecule has 0 saturated heterocycles. The molecule has 2 unspecified atom stereocenters. The van der Waals surface area contributed by atoms with Gasteiger partial charge in [-0.2, -0.15) is 0 Å². The normalized spacial score (nSPS) is 24.2. The van der Waals surface area contributed by atoms with Gasteiger partial charge in [-0.05, 0) is 37.2 Å². The second-order valence-corrected chi connectivity index (χ2v) is 5.12. The van der Waals surface area contributed by atoms with Gasteiger partial charge in [-0.15, -0.1) is 0 Å². The molecule has 4 nitrogen and oxygen atoms in total. The lowest BCUT2D eigenvalue weighted by Crippen LogP contribution is -2.08. The molecule has 0 spiro atoms. The maximum atomic E-state index is 5.60. The number of rotatable bonds is 4. The first-order valence-corrected chi connectivity index (χ1v) is 6.39. The summed E-state index contributed by atoms with van der Waals surface area (Å²) in [4.78, 5) is 4.77. The van der Waals surface area contributed by atoms with Crippen LogP contribution in [0.25, 0.3) is 0 Å². The molecule has 2 aliphatic rings. The Balaban J connectivity index is 2.19. The van der Waals surface area contributed by atoms with Gasteiger partial charge in [0.05, 0.1) is 20.8 Å². The number of fused-ring (bicyclic) bond motifs is 5. The minimum atomic E-state index is 0.351. The molecule has 1 aromatic rings.